The third-order valence-corrected chi connectivity index (χ3v) is 0.854. The second-order valence-corrected chi connectivity index (χ2v) is 1.56. The Morgan fingerprint density at radius 3 is 2.14 bits per heavy atom. The summed E-state index contributed by atoms with van der Waals surface area (Å²) in [6.45, 7) is 5.93. The Labute approximate surface area is 60.3 Å². The van der Waals surface area contributed by atoms with Crippen LogP contribution in [0, 0.1) is 6.92 Å². The first-order valence-corrected chi connectivity index (χ1v) is 2.71. The van der Waals surface area contributed by atoms with E-state index in [-0.39, 0.29) is 20.3 Å². The molecule has 0 aromatic rings. The fourth-order valence-corrected chi connectivity index (χ4v) is 0.427. The molecule has 0 unspecified atom stereocenters. The number of unbranched alkanes of at least 4 members (excludes halogenated alkanes) is 3. The van der Waals surface area contributed by atoms with Gasteiger partial charge in [0.15, 0.2) is 0 Å². The molecule has 0 heterocycles. The maximum absolute atomic E-state index is 3.72. The van der Waals surface area contributed by atoms with Crippen molar-refractivity contribution in [2.45, 2.75) is 32.6 Å². The van der Waals surface area contributed by atoms with Gasteiger partial charge in [-0.2, -0.15) is 6.42 Å². The van der Waals surface area contributed by atoms with Crippen molar-refractivity contribution in [1.29, 1.82) is 0 Å². The van der Waals surface area contributed by atoms with Crippen LogP contribution in [0.1, 0.15) is 34.0 Å². The first kappa shape index (κ1) is 10.6. The molecule has 0 nitrogen and oxygen atoms in total. The molecule has 0 rings (SSSR count). The van der Waals surface area contributed by atoms with Gasteiger partial charge in [0.25, 0.3) is 0 Å². The van der Waals surface area contributed by atoms with E-state index in [1.807, 2.05) is 0 Å². The molecule has 0 aromatic heterocycles. The second-order valence-electron chi connectivity index (χ2n) is 1.56. The van der Waals surface area contributed by atoms with Crippen LogP contribution in [-0.4, -0.2) is 0 Å². The Bertz CT molecular complexity index is 20.5. The predicted molar refractivity (Wildman–Crippen MR) is 30.6 cm³/mol. The summed E-state index contributed by atoms with van der Waals surface area (Å²) in [6.07, 6.45) is 5.07. The van der Waals surface area contributed by atoms with Crippen molar-refractivity contribution in [2.75, 3.05) is 0 Å². The van der Waals surface area contributed by atoms with Crippen molar-refractivity contribution in [2.24, 2.45) is 0 Å². The van der Waals surface area contributed by atoms with Crippen LogP contribution in [0.3, 0.4) is 0 Å². The van der Waals surface area contributed by atoms with E-state index in [1.165, 1.54) is 19.3 Å². The maximum atomic E-state index is 3.72. The number of rotatable bonds is 3. The van der Waals surface area contributed by atoms with Gasteiger partial charge < -0.3 is 6.92 Å². The van der Waals surface area contributed by atoms with E-state index in [0.29, 0.717) is 0 Å². The molecule has 0 N–H and O–H groups in total. The van der Waals surface area contributed by atoms with E-state index < -0.39 is 0 Å². The quantitative estimate of drug-likeness (QED) is 0.251. The van der Waals surface area contributed by atoms with Gasteiger partial charge in [-0.15, -0.1) is 0 Å². The molecule has 0 saturated heterocycles. The Kier molecular flexibility index (Phi) is 14.7. The molecule has 0 aromatic carbocycles. The molecular formula is C6H14Li+. The molecule has 0 aliphatic heterocycles. The molecule has 7 heavy (non-hydrogen) atoms. The van der Waals surface area contributed by atoms with Crippen LogP contribution < -0.4 is 18.9 Å². The monoisotopic (exact) mass is 93.1 g/mol. The molecule has 38 valence electrons. The van der Waals surface area contributed by atoms with Gasteiger partial charge in [-0.1, -0.05) is 26.2 Å². The van der Waals surface area contributed by atoms with Crippen LogP contribution in [0.15, 0.2) is 0 Å². The Morgan fingerprint density at radius 1 is 1.43 bits per heavy atom. The molecule has 1 heteroatoms. The first-order valence-electron chi connectivity index (χ1n) is 2.71. The summed E-state index contributed by atoms with van der Waals surface area (Å²) in [5.74, 6) is 0. The normalized spacial score (nSPS) is 7.71. The van der Waals surface area contributed by atoms with E-state index in [0.717, 1.165) is 6.42 Å². The summed E-state index contributed by atoms with van der Waals surface area (Å²) in [4.78, 5) is 0. The molecule has 0 atom stereocenters. The van der Waals surface area contributed by atoms with Gasteiger partial charge in [-0.25, -0.2) is 0 Å². The molecule has 0 bridgehead atoms. The largest absolute Gasteiger partial charge is 1.00 e. The topological polar surface area (TPSA) is 0 Å². The van der Waals surface area contributed by atoms with Crippen molar-refractivity contribution >= 4 is 0 Å². The Hall–Kier alpha value is 0.597. The molecule has 0 aliphatic rings. The van der Waals surface area contributed by atoms with Gasteiger partial charge in [0.05, 0.1) is 0 Å². The van der Waals surface area contributed by atoms with Crippen molar-refractivity contribution in [3.8, 4) is 0 Å². The van der Waals surface area contributed by atoms with Crippen LogP contribution in [0.25, 0.3) is 0 Å². The van der Waals surface area contributed by atoms with Crippen LogP contribution in [0.5, 0.6) is 0 Å². The molecule has 0 amide bonds. The smallest absolute Gasteiger partial charge is 0.343 e. The standard InChI is InChI=1S/C6H13.Li/c1-3-5-6-4-2;/h1,3-6H2,2H3;/q-1;+1/p+1. The molecular weight excluding hydrogens is 79.0 g/mol. The van der Waals surface area contributed by atoms with E-state index >= 15 is 0 Å². The fraction of sp³-hybridized carbons (Fsp3) is 0.833. The van der Waals surface area contributed by atoms with Crippen LogP contribution >= 0.6 is 0 Å². The summed E-state index contributed by atoms with van der Waals surface area (Å²) < 4.78 is 0. The molecule has 0 aliphatic carbocycles. The van der Waals surface area contributed by atoms with E-state index in [4.69, 9.17) is 0 Å². The summed E-state index contributed by atoms with van der Waals surface area (Å²) >= 11 is 0. The van der Waals surface area contributed by atoms with E-state index in [1.54, 1.807) is 0 Å². The summed E-state index contributed by atoms with van der Waals surface area (Å²) in [5, 5.41) is 0. The van der Waals surface area contributed by atoms with Gasteiger partial charge >= 0.3 is 20.3 Å². The summed E-state index contributed by atoms with van der Waals surface area (Å²) in [7, 11) is 0. The van der Waals surface area contributed by atoms with Crippen LogP contribution in [0.4, 0.5) is 0 Å². The minimum atomic E-state index is 0. The van der Waals surface area contributed by atoms with Crippen LogP contribution in [0.2, 0.25) is 0 Å². The molecule has 0 radical (unpaired) electrons. The van der Waals surface area contributed by atoms with E-state index in [2.05, 4.69) is 13.8 Å². The third-order valence-electron chi connectivity index (χ3n) is 0.854. The van der Waals surface area contributed by atoms with Gasteiger partial charge in [-0.05, 0) is 0 Å². The van der Waals surface area contributed by atoms with Crippen molar-refractivity contribution in [1.82, 2.24) is 0 Å². The Morgan fingerprint density at radius 2 is 2.00 bits per heavy atom. The predicted octanol–water partition coefficient (Wildman–Crippen LogP) is -0.483. The van der Waals surface area contributed by atoms with Crippen molar-refractivity contribution in [3.05, 3.63) is 6.92 Å². The molecule has 0 spiro atoms. The van der Waals surface area contributed by atoms with Crippen molar-refractivity contribution < 1.29 is 20.3 Å². The zero-order valence-electron chi connectivity index (χ0n) is 6.54. The maximum Gasteiger partial charge on any atom is 1.00 e. The first-order chi connectivity index (χ1) is 2.91. The molecule has 0 fully saturated rings. The van der Waals surface area contributed by atoms with Crippen molar-refractivity contribution in [3.63, 3.8) is 0 Å². The zero-order valence-corrected chi connectivity index (χ0v) is 5.54. The number of hydrogen-bond acceptors (Lipinski definition) is 0. The van der Waals surface area contributed by atoms with Crippen LogP contribution in [-0.2, 0) is 0 Å². The third kappa shape index (κ3) is 10.8. The minimum absolute atomic E-state index is 0. The Balaban J connectivity index is -0.000000125. The summed E-state index contributed by atoms with van der Waals surface area (Å²) in [5.41, 5.74) is 0. The van der Waals surface area contributed by atoms with Gasteiger partial charge in [0, 0.05) is 0 Å². The zero-order chi connectivity index (χ0) is 4.83. The van der Waals surface area contributed by atoms with Gasteiger partial charge in [0.1, 0.15) is 0 Å². The second kappa shape index (κ2) is 9.78. The average Bonchev–Trinajstić information content (AvgIpc) is 1.61. The summed E-state index contributed by atoms with van der Waals surface area (Å²) in [6, 6.07) is 0. The molecule has 0 saturated carbocycles. The van der Waals surface area contributed by atoms with Gasteiger partial charge in [-0.3, -0.25) is 0 Å². The van der Waals surface area contributed by atoms with E-state index in [9.17, 15) is 0 Å². The number of hydrogen-bond donors (Lipinski definition) is 0. The van der Waals surface area contributed by atoms with Gasteiger partial charge in [0.2, 0.25) is 0 Å². The average molecular weight is 93.1 g/mol. The fourth-order valence-electron chi connectivity index (χ4n) is 0.427. The minimum Gasteiger partial charge on any atom is -0.343 e. The SMILES string of the molecule is [CH2-]CCCCC.[H+].[Li+].